The maximum atomic E-state index is 2.98. The molecule has 0 radical (unpaired) electrons. The van der Waals surface area contributed by atoms with Gasteiger partial charge in [0.15, 0.2) is 0 Å². The summed E-state index contributed by atoms with van der Waals surface area (Å²) in [4.78, 5) is 2.98. The maximum Gasteiger partial charge on any atom is 0.0158 e. The molecule has 6 unspecified atom stereocenters. The molecular formula is C20H31N. The van der Waals surface area contributed by atoms with Crippen LogP contribution >= 0.6 is 0 Å². The van der Waals surface area contributed by atoms with Gasteiger partial charge in [-0.3, -0.25) is 4.90 Å². The van der Waals surface area contributed by atoms with Gasteiger partial charge in [-0.2, -0.15) is 0 Å². The minimum Gasteiger partial charge on any atom is -0.297 e. The maximum absolute atomic E-state index is 2.98. The molecule has 0 bridgehead atoms. The highest BCUT2D eigenvalue weighted by Gasteiger charge is 2.58. The van der Waals surface area contributed by atoms with Gasteiger partial charge in [-0.1, -0.05) is 31.9 Å². The third-order valence-electron chi connectivity index (χ3n) is 7.83. The van der Waals surface area contributed by atoms with Gasteiger partial charge >= 0.3 is 0 Å². The zero-order valence-corrected chi connectivity index (χ0v) is 13.6. The lowest BCUT2D eigenvalue weighted by Crippen LogP contribution is -2.56. The van der Waals surface area contributed by atoms with Crippen LogP contribution in [0.5, 0.6) is 0 Å². The Balaban J connectivity index is 1.43. The summed E-state index contributed by atoms with van der Waals surface area (Å²) in [5, 5.41) is 0. The summed E-state index contributed by atoms with van der Waals surface area (Å²) in [5.74, 6) is 5.90. The number of rotatable bonds is 1. The Bertz CT molecular complexity index is 435. The fraction of sp³-hybridized carbons (Fsp3) is 0.900. The third-order valence-corrected chi connectivity index (χ3v) is 7.83. The molecule has 5 aliphatic rings. The van der Waals surface area contributed by atoms with E-state index in [4.69, 9.17) is 0 Å². The van der Waals surface area contributed by atoms with E-state index in [9.17, 15) is 0 Å². The van der Waals surface area contributed by atoms with E-state index in [1.54, 1.807) is 0 Å². The van der Waals surface area contributed by atoms with Crippen molar-refractivity contribution < 1.29 is 0 Å². The summed E-state index contributed by atoms with van der Waals surface area (Å²) in [7, 11) is 0. The van der Waals surface area contributed by atoms with Crippen molar-refractivity contribution >= 4 is 0 Å². The number of fused-ring (bicyclic) bond motifs is 6. The van der Waals surface area contributed by atoms with Crippen LogP contribution in [0.2, 0.25) is 0 Å². The lowest BCUT2D eigenvalue weighted by atomic mass is 9.64. The van der Waals surface area contributed by atoms with E-state index in [0.717, 1.165) is 47.6 Å². The van der Waals surface area contributed by atoms with Gasteiger partial charge < -0.3 is 0 Å². The summed E-state index contributed by atoms with van der Waals surface area (Å²) in [6, 6.07) is 1.91. The van der Waals surface area contributed by atoms with E-state index >= 15 is 0 Å². The van der Waals surface area contributed by atoms with Gasteiger partial charge in [0.25, 0.3) is 0 Å². The smallest absolute Gasteiger partial charge is 0.0158 e. The molecule has 0 amide bonds. The van der Waals surface area contributed by atoms with Crippen molar-refractivity contribution in [2.24, 2.45) is 35.5 Å². The lowest BCUT2D eigenvalue weighted by molar-refractivity contribution is -0.0171. The van der Waals surface area contributed by atoms with Crippen LogP contribution in [0.1, 0.15) is 58.3 Å². The number of hydrogen-bond donors (Lipinski definition) is 0. The highest BCUT2D eigenvalue weighted by Crippen LogP contribution is 2.58. The van der Waals surface area contributed by atoms with Gasteiger partial charge in [0.2, 0.25) is 0 Å². The van der Waals surface area contributed by atoms with Crippen LogP contribution < -0.4 is 0 Å². The van der Waals surface area contributed by atoms with Crippen molar-refractivity contribution in [1.29, 1.82) is 0 Å². The molecule has 0 aromatic rings. The molecule has 7 atom stereocenters. The molecule has 4 fully saturated rings. The standard InChI is InChI=1S/C20H31N/c1-13-5-4-10-21-19-12-17(19)16-9-8-15(11-18(16)20(13)21)14-6-2-3-7-14/h8-9,13-20H,2-7,10-12H2,1H3/t13?,15?,16-,17?,18?,19?,20?/m0/s1. The van der Waals surface area contributed by atoms with Crippen molar-refractivity contribution in [2.75, 3.05) is 6.54 Å². The first-order chi connectivity index (χ1) is 10.3. The molecule has 5 rings (SSSR count). The molecule has 0 N–H and O–H groups in total. The number of allylic oxidation sites excluding steroid dienone is 2. The zero-order valence-electron chi connectivity index (χ0n) is 13.6. The van der Waals surface area contributed by atoms with Crippen LogP contribution in [0.25, 0.3) is 0 Å². The summed E-state index contributed by atoms with van der Waals surface area (Å²) in [5.41, 5.74) is 0. The molecule has 0 spiro atoms. The average Bonchev–Trinajstić information content (AvgIpc) is 3.13. The fourth-order valence-electron chi connectivity index (χ4n) is 6.82. The molecule has 0 aromatic carbocycles. The van der Waals surface area contributed by atoms with Gasteiger partial charge in [0.1, 0.15) is 0 Å². The highest BCUT2D eigenvalue weighted by atomic mass is 15.3. The largest absolute Gasteiger partial charge is 0.297 e. The quantitative estimate of drug-likeness (QED) is 0.642. The second-order valence-corrected chi connectivity index (χ2v) is 8.89. The Morgan fingerprint density at radius 3 is 2.62 bits per heavy atom. The Morgan fingerprint density at radius 2 is 1.76 bits per heavy atom. The Labute approximate surface area is 130 Å². The van der Waals surface area contributed by atoms with Gasteiger partial charge in [0.05, 0.1) is 0 Å². The zero-order chi connectivity index (χ0) is 14.0. The van der Waals surface area contributed by atoms with E-state index in [-0.39, 0.29) is 0 Å². The molecule has 2 saturated carbocycles. The van der Waals surface area contributed by atoms with Crippen LogP contribution in [-0.4, -0.2) is 23.5 Å². The number of hydrogen-bond acceptors (Lipinski definition) is 1. The van der Waals surface area contributed by atoms with Crippen LogP contribution in [0.3, 0.4) is 0 Å². The predicted octanol–water partition coefficient (Wildman–Crippen LogP) is 4.49. The summed E-state index contributed by atoms with van der Waals surface area (Å²) in [6.07, 6.45) is 17.4. The van der Waals surface area contributed by atoms with E-state index in [2.05, 4.69) is 24.0 Å². The van der Waals surface area contributed by atoms with Gasteiger partial charge in [-0.15, -0.1) is 0 Å². The molecule has 116 valence electrons. The molecule has 2 saturated heterocycles. The van der Waals surface area contributed by atoms with Crippen molar-refractivity contribution in [3.8, 4) is 0 Å². The molecule has 2 aliphatic heterocycles. The summed E-state index contributed by atoms with van der Waals surface area (Å²) < 4.78 is 0. The van der Waals surface area contributed by atoms with E-state index in [1.807, 2.05) is 0 Å². The third kappa shape index (κ3) is 1.99. The van der Waals surface area contributed by atoms with Crippen molar-refractivity contribution in [3.63, 3.8) is 0 Å². The second-order valence-electron chi connectivity index (χ2n) is 8.89. The van der Waals surface area contributed by atoms with Crippen LogP contribution in [0.4, 0.5) is 0 Å². The molecule has 1 nitrogen and oxygen atoms in total. The number of piperidine rings is 2. The van der Waals surface area contributed by atoms with Crippen LogP contribution in [0.15, 0.2) is 12.2 Å². The van der Waals surface area contributed by atoms with E-state index in [1.165, 1.54) is 57.9 Å². The first-order valence-corrected chi connectivity index (χ1v) is 9.77. The SMILES string of the molecule is CC1CCCN2C3CC3[C@@H]3C=CC(C4CCCC4)CC3C12. The molecule has 0 aromatic heterocycles. The van der Waals surface area contributed by atoms with Crippen LogP contribution in [0, 0.1) is 35.5 Å². The van der Waals surface area contributed by atoms with Crippen molar-refractivity contribution in [2.45, 2.75) is 70.4 Å². The second kappa shape index (κ2) is 4.85. The van der Waals surface area contributed by atoms with E-state index in [0.29, 0.717) is 0 Å². The first-order valence-electron chi connectivity index (χ1n) is 9.77. The molecule has 1 heteroatoms. The normalized spacial score (nSPS) is 53.1. The first kappa shape index (κ1) is 13.2. The van der Waals surface area contributed by atoms with Gasteiger partial charge in [0, 0.05) is 12.1 Å². The minimum atomic E-state index is 0.931. The molecular weight excluding hydrogens is 254 g/mol. The Kier molecular flexibility index (Phi) is 3.04. The summed E-state index contributed by atoms with van der Waals surface area (Å²) in [6.45, 7) is 3.97. The minimum absolute atomic E-state index is 0.931. The fourth-order valence-corrected chi connectivity index (χ4v) is 6.82. The Morgan fingerprint density at radius 1 is 0.905 bits per heavy atom. The van der Waals surface area contributed by atoms with Gasteiger partial charge in [-0.05, 0) is 80.6 Å². The lowest BCUT2D eigenvalue weighted by Gasteiger charge is -2.52. The average molecular weight is 285 g/mol. The molecule has 21 heavy (non-hydrogen) atoms. The monoisotopic (exact) mass is 285 g/mol. The van der Waals surface area contributed by atoms with E-state index < -0.39 is 0 Å². The Hall–Kier alpha value is -0.300. The topological polar surface area (TPSA) is 3.24 Å². The number of nitrogens with zero attached hydrogens (tertiary/aromatic N) is 1. The predicted molar refractivity (Wildman–Crippen MR) is 87.0 cm³/mol. The van der Waals surface area contributed by atoms with Crippen LogP contribution in [-0.2, 0) is 0 Å². The van der Waals surface area contributed by atoms with Gasteiger partial charge in [-0.25, -0.2) is 0 Å². The summed E-state index contributed by atoms with van der Waals surface area (Å²) >= 11 is 0. The molecule has 3 aliphatic carbocycles. The van der Waals surface area contributed by atoms with Crippen molar-refractivity contribution in [3.05, 3.63) is 12.2 Å². The van der Waals surface area contributed by atoms with Crippen molar-refractivity contribution in [1.82, 2.24) is 4.90 Å². The highest BCUT2D eigenvalue weighted by molar-refractivity contribution is 5.19. The molecule has 2 heterocycles.